The molecular formula is C17H19NO. The minimum Gasteiger partial charge on any atom is -0.323 e. The zero-order valence-corrected chi connectivity index (χ0v) is 11.5. The number of fused-ring (bicyclic) bond motifs is 1. The summed E-state index contributed by atoms with van der Waals surface area (Å²) in [4.78, 5) is 10.8. The Bertz CT molecular complexity index is 648. The van der Waals surface area contributed by atoms with Crippen molar-refractivity contribution in [2.45, 2.75) is 26.2 Å². The quantitative estimate of drug-likeness (QED) is 0.577. The van der Waals surface area contributed by atoms with Crippen LogP contribution in [-0.4, -0.2) is 10.7 Å². The Balaban J connectivity index is 2.68. The molecule has 0 aliphatic heterocycles. The Morgan fingerprint density at radius 1 is 1.42 bits per heavy atom. The number of pyridine rings is 1. The van der Waals surface area contributed by atoms with E-state index in [9.17, 15) is 4.79 Å². The first-order valence-electron chi connectivity index (χ1n) is 6.43. The van der Waals surface area contributed by atoms with E-state index in [4.69, 9.17) is 0 Å². The summed E-state index contributed by atoms with van der Waals surface area (Å²) in [7, 11) is 0. The molecule has 2 nitrogen and oxygen atoms in total. The molecule has 2 aromatic heterocycles. The minimum absolute atomic E-state index is 0.248. The number of allylic oxidation sites excluding steroid dienone is 2. The molecule has 98 valence electrons. The van der Waals surface area contributed by atoms with Gasteiger partial charge in [-0.3, -0.25) is 0 Å². The molecule has 1 unspecified atom stereocenters. The Labute approximate surface area is 114 Å². The lowest BCUT2D eigenvalue weighted by molar-refractivity contribution is -0.107. The van der Waals surface area contributed by atoms with Crippen molar-refractivity contribution in [3.8, 4) is 0 Å². The average Bonchev–Trinajstić information content (AvgIpc) is 2.77. The molecule has 2 heteroatoms. The van der Waals surface area contributed by atoms with Gasteiger partial charge in [0, 0.05) is 30.3 Å². The number of aromatic nitrogens is 1. The lowest BCUT2D eigenvalue weighted by Gasteiger charge is -2.13. The molecule has 2 rings (SSSR count). The third-order valence-corrected chi connectivity index (χ3v) is 3.60. The van der Waals surface area contributed by atoms with Crippen molar-refractivity contribution >= 4 is 17.4 Å². The van der Waals surface area contributed by atoms with Crippen molar-refractivity contribution in [2.75, 3.05) is 0 Å². The number of hydrogen-bond acceptors (Lipinski definition) is 1. The molecule has 19 heavy (non-hydrogen) atoms. The second kappa shape index (κ2) is 5.27. The van der Waals surface area contributed by atoms with Crippen LogP contribution < -0.4 is 0 Å². The van der Waals surface area contributed by atoms with Gasteiger partial charge < -0.3 is 9.20 Å². The van der Waals surface area contributed by atoms with Gasteiger partial charge in [-0.05, 0) is 30.2 Å². The summed E-state index contributed by atoms with van der Waals surface area (Å²) in [5.41, 5.74) is 5.34. The predicted molar refractivity (Wildman–Crippen MR) is 80.3 cm³/mol. The minimum atomic E-state index is 0.248. The highest BCUT2D eigenvalue weighted by molar-refractivity contribution is 5.86. The number of carbonyl (C=O) groups is 1. The van der Waals surface area contributed by atoms with Crippen molar-refractivity contribution < 1.29 is 4.79 Å². The summed E-state index contributed by atoms with van der Waals surface area (Å²) in [6, 6.07) is 6.05. The molecule has 0 aliphatic rings. The fraction of sp³-hybridized carbons (Fsp3) is 0.235. The predicted octanol–water partition coefficient (Wildman–Crippen LogP) is 4.22. The van der Waals surface area contributed by atoms with Gasteiger partial charge in [-0.15, -0.1) is 0 Å². The van der Waals surface area contributed by atoms with Crippen LogP contribution in [-0.2, 0) is 4.79 Å². The fourth-order valence-corrected chi connectivity index (χ4v) is 2.32. The van der Waals surface area contributed by atoms with Gasteiger partial charge in [-0.2, -0.15) is 0 Å². The number of rotatable bonds is 5. The molecule has 0 radical (unpaired) electrons. The van der Waals surface area contributed by atoms with Crippen molar-refractivity contribution in [2.24, 2.45) is 0 Å². The summed E-state index contributed by atoms with van der Waals surface area (Å²) in [6.07, 6.45) is 5.40. The number of nitrogens with zero attached hydrogens (tertiary/aromatic N) is 1. The highest BCUT2D eigenvalue weighted by Crippen LogP contribution is 2.34. The van der Waals surface area contributed by atoms with Crippen LogP contribution in [0.1, 0.15) is 37.3 Å². The van der Waals surface area contributed by atoms with Gasteiger partial charge in [-0.1, -0.05) is 31.7 Å². The van der Waals surface area contributed by atoms with E-state index >= 15 is 0 Å². The standard InChI is InChI=1S/C17H19NO/c1-12(2)14(4)15-11-18-9-6-5-7-16(18)17(15)13(3)8-10-19/h5-7,9-11,14H,1,3,8H2,2,4H3. The molecule has 0 N–H and O–H groups in total. The van der Waals surface area contributed by atoms with E-state index in [2.05, 4.69) is 36.7 Å². The Morgan fingerprint density at radius 2 is 2.16 bits per heavy atom. The van der Waals surface area contributed by atoms with Crippen LogP contribution in [0.25, 0.3) is 11.1 Å². The van der Waals surface area contributed by atoms with Gasteiger partial charge in [0.1, 0.15) is 6.29 Å². The Kier molecular flexibility index (Phi) is 3.70. The first-order valence-corrected chi connectivity index (χ1v) is 6.43. The maximum absolute atomic E-state index is 10.8. The van der Waals surface area contributed by atoms with Gasteiger partial charge in [-0.25, -0.2) is 0 Å². The summed E-state index contributed by atoms with van der Waals surface area (Å²) in [6.45, 7) is 12.3. The van der Waals surface area contributed by atoms with Gasteiger partial charge in [0.2, 0.25) is 0 Å². The smallest absolute Gasteiger partial charge is 0.124 e. The van der Waals surface area contributed by atoms with Crippen LogP contribution in [0.2, 0.25) is 0 Å². The zero-order valence-electron chi connectivity index (χ0n) is 11.5. The highest BCUT2D eigenvalue weighted by Gasteiger charge is 2.18. The fourth-order valence-electron chi connectivity index (χ4n) is 2.32. The number of aldehydes is 1. The van der Waals surface area contributed by atoms with E-state index in [1.54, 1.807) is 0 Å². The Morgan fingerprint density at radius 3 is 2.79 bits per heavy atom. The molecule has 2 heterocycles. The summed E-state index contributed by atoms with van der Waals surface area (Å²) < 4.78 is 2.08. The molecule has 0 amide bonds. The van der Waals surface area contributed by atoms with Crippen LogP contribution >= 0.6 is 0 Å². The van der Waals surface area contributed by atoms with E-state index in [1.165, 1.54) is 5.56 Å². The van der Waals surface area contributed by atoms with Crippen LogP contribution in [0.5, 0.6) is 0 Å². The normalized spacial score (nSPS) is 12.3. The molecule has 0 spiro atoms. The van der Waals surface area contributed by atoms with Gasteiger partial charge in [0.15, 0.2) is 0 Å². The van der Waals surface area contributed by atoms with E-state index in [1.807, 2.05) is 25.3 Å². The first-order chi connectivity index (χ1) is 9.06. The third-order valence-electron chi connectivity index (χ3n) is 3.60. The van der Waals surface area contributed by atoms with Gasteiger partial charge >= 0.3 is 0 Å². The van der Waals surface area contributed by atoms with E-state index in [0.717, 1.165) is 28.5 Å². The largest absolute Gasteiger partial charge is 0.323 e. The molecule has 0 saturated carbocycles. The molecule has 2 aromatic rings. The van der Waals surface area contributed by atoms with Crippen LogP contribution in [0, 0.1) is 0 Å². The molecule has 0 bridgehead atoms. The van der Waals surface area contributed by atoms with Crippen molar-refractivity contribution in [1.82, 2.24) is 4.40 Å². The van der Waals surface area contributed by atoms with Gasteiger partial charge in [0.25, 0.3) is 0 Å². The molecule has 0 fully saturated rings. The van der Waals surface area contributed by atoms with E-state index < -0.39 is 0 Å². The van der Waals surface area contributed by atoms with Gasteiger partial charge in [0.05, 0.1) is 5.52 Å². The SMILES string of the molecule is C=C(CC=O)c1c(C(C)C(=C)C)cn2ccccc12. The summed E-state index contributed by atoms with van der Waals surface area (Å²) >= 11 is 0. The summed E-state index contributed by atoms with van der Waals surface area (Å²) in [5, 5.41) is 0. The summed E-state index contributed by atoms with van der Waals surface area (Å²) in [5.74, 6) is 0.248. The molecular weight excluding hydrogens is 234 g/mol. The molecule has 0 aromatic carbocycles. The monoisotopic (exact) mass is 253 g/mol. The topological polar surface area (TPSA) is 21.5 Å². The molecule has 0 aliphatic carbocycles. The maximum atomic E-state index is 10.8. The number of carbonyl (C=O) groups excluding carboxylic acids is 1. The average molecular weight is 253 g/mol. The zero-order chi connectivity index (χ0) is 14.0. The third kappa shape index (κ3) is 2.39. The van der Waals surface area contributed by atoms with Crippen molar-refractivity contribution in [3.63, 3.8) is 0 Å². The Hall–Kier alpha value is -2.09. The lowest BCUT2D eigenvalue weighted by Crippen LogP contribution is -1.97. The molecule has 1 atom stereocenters. The molecule has 0 saturated heterocycles. The van der Waals surface area contributed by atoms with E-state index in [-0.39, 0.29) is 5.92 Å². The maximum Gasteiger partial charge on any atom is 0.124 e. The first kappa shape index (κ1) is 13.3. The lowest BCUT2D eigenvalue weighted by atomic mass is 9.90. The highest BCUT2D eigenvalue weighted by atomic mass is 16.1. The second-order valence-electron chi connectivity index (χ2n) is 4.99. The van der Waals surface area contributed by atoms with Crippen molar-refractivity contribution in [3.05, 3.63) is 60.5 Å². The van der Waals surface area contributed by atoms with Crippen molar-refractivity contribution in [1.29, 1.82) is 0 Å². The van der Waals surface area contributed by atoms with Crippen LogP contribution in [0.4, 0.5) is 0 Å². The van der Waals surface area contributed by atoms with E-state index in [0.29, 0.717) is 6.42 Å². The second-order valence-corrected chi connectivity index (χ2v) is 4.99. The van der Waals surface area contributed by atoms with Crippen LogP contribution in [0.15, 0.2) is 49.3 Å². The van der Waals surface area contributed by atoms with Crippen LogP contribution in [0.3, 0.4) is 0 Å². The number of hydrogen-bond donors (Lipinski definition) is 0.